The molecule has 0 aromatic heterocycles. The van der Waals surface area contributed by atoms with E-state index in [0.717, 1.165) is 6.07 Å². The van der Waals surface area contributed by atoms with Crippen molar-refractivity contribution in [3.05, 3.63) is 69.6 Å². The van der Waals surface area contributed by atoms with E-state index in [1.54, 1.807) is 12.1 Å². The Morgan fingerprint density at radius 1 is 1.07 bits per heavy atom. The summed E-state index contributed by atoms with van der Waals surface area (Å²) >= 11 is 0. The van der Waals surface area contributed by atoms with Crippen LogP contribution in [0.5, 0.6) is 11.5 Å². The number of nitrogens with one attached hydrogen (secondary N) is 2. The molecule has 1 atom stereocenters. The van der Waals surface area contributed by atoms with Crippen molar-refractivity contribution in [3.63, 3.8) is 0 Å². The van der Waals surface area contributed by atoms with E-state index in [1.807, 2.05) is 0 Å². The molecule has 0 spiro atoms. The lowest BCUT2D eigenvalue weighted by Gasteiger charge is -2.14. The molecule has 0 radical (unpaired) electrons. The molecule has 0 fully saturated rings. The molecule has 30 heavy (non-hydrogen) atoms. The predicted molar refractivity (Wildman–Crippen MR) is 105 cm³/mol. The number of rotatable bonds is 9. The van der Waals surface area contributed by atoms with Gasteiger partial charge in [-0.05, 0) is 35.4 Å². The number of benzene rings is 2. The molecule has 0 saturated carbocycles. The highest BCUT2D eigenvalue weighted by molar-refractivity contribution is 5.97. The molecule has 0 unspecified atom stereocenters. The highest BCUT2D eigenvalue weighted by atomic mass is 16.4. The summed E-state index contributed by atoms with van der Waals surface area (Å²) in [5.41, 5.74) is 9.31. The van der Waals surface area contributed by atoms with Crippen molar-refractivity contribution in [2.75, 3.05) is 6.54 Å². The molecule has 2 rings (SSSR count). The summed E-state index contributed by atoms with van der Waals surface area (Å²) in [7, 11) is 0. The minimum atomic E-state index is -1.14. The number of aliphatic carboxylic acids is 1. The van der Waals surface area contributed by atoms with E-state index < -0.39 is 23.8 Å². The van der Waals surface area contributed by atoms with E-state index in [9.17, 15) is 24.6 Å². The highest BCUT2D eigenvalue weighted by Gasteiger charge is 2.16. The second kappa shape index (κ2) is 10.3. The average Bonchev–Trinajstić information content (AvgIpc) is 2.70. The van der Waals surface area contributed by atoms with Gasteiger partial charge in [-0.25, -0.2) is 0 Å². The molecule has 156 valence electrons. The van der Waals surface area contributed by atoms with Crippen LogP contribution in [0.15, 0.2) is 47.6 Å². The lowest BCUT2D eigenvalue weighted by molar-refractivity contribution is -0.137. The normalized spacial score (nSPS) is 11.1. The van der Waals surface area contributed by atoms with Crippen molar-refractivity contribution in [1.29, 1.82) is 0 Å². The first-order chi connectivity index (χ1) is 14.3. The van der Waals surface area contributed by atoms with Gasteiger partial charge in [-0.15, -0.1) is 0 Å². The molecular weight excluding hydrogens is 394 g/mol. The number of carboxylic acid groups (broad SMARTS) is 1. The number of phenolic OH excluding ortho intramolecular Hbond substituents is 2. The zero-order valence-electron chi connectivity index (χ0n) is 15.6. The summed E-state index contributed by atoms with van der Waals surface area (Å²) in [5.74, 6) is -2.72. The van der Waals surface area contributed by atoms with Crippen LogP contribution in [0.3, 0.4) is 0 Å². The number of phenols is 2. The predicted octanol–water partition coefficient (Wildman–Crippen LogP) is 1.91. The fourth-order valence-corrected chi connectivity index (χ4v) is 2.54. The first kappa shape index (κ1) is 22.1. The van der Waals surface area contributed by atoms with Gasteiger partial charge in [-0.3, -0.25) is 14.4 Å². The molecule has 0 bridgehead atoms. The van der Waals surface area contributed by atoms with Crippen molar-refractivity contribution in [3.8, 4) is 11.5 Å². The third kappa shape index (κ3) is 6.43. The molecule has 5 N–H and O–H groups in total. The van der Waals surface area contributed by atoms with Crippen LogP contribution in [0.25, 0.3) is 10.4 Å². The molecule has 2 aromatic carbocycles. The lowest BCUT2D eigenvalue weighted by atomic mass is 10.1. The quantitative estimate of drug-likeness (QED) is 0.237. The number of amides is 2. The van der Waals surface area contributed by atoms with E-state index in [4.69, 9.17) is 10.6 Å². The third-order valence-electron chi connectivity index (χ3n) is 4.02. The molecule has 11 nitrogen and oxygen atoms in total. The minimum Gasteiger partial charge on any atom is -0.508 e. The van der Waals surface area contributed by atoms with Crippen molar-refractivity contribution in [2.45, 2.75) is 19.0 Å². The van der Waals surface area contributed by atoms with E-state index in [0.29, 0.717) is 5.56 Å². The zero-order valence-corrected chi connectivity index (χ0v) is 15.6. The number of hydrogen-bond donors (Lipinski definition) is 5. The molecule has 11 heteroatoms. The number of carboxylic acids is 1. The van der Waals surface area contributed by atoms with Crippen molar-refractivity contribution in [2.24, 2.45) is 5.11 Å². The van der Waals surface area contributed by atoms with Gasteiger partial charge in [0.25, 0.3) is 11.8 Å². The second-order valence-corrected chi connectivity index (χ2v) is 6.26. The topological polar surface area (TPSA) is 185 Å². The fraction of sp³-hybridized carbons (Fsp3) is 0.211. The van der Waals surface area contributed by atoms with Crippen LogP contribution in [0.2, 0.25) is 0 Å². The summed E-state index contributed by atoms with van der Waals surface area (Å²) in [4.78, 5) is 37.8. The maximum Gasteiger partial charge on any atom is 0.305 e. The van der Waals surface area contributed by atoms with Gasteiger partial charge in [-0.1, -0.05) is 17.2 Å². The maximum absolute atomic E-state index is 12.3. The van der Waals surface area contributed by atoms with Crippen LogP contribution in [-0.2, 0) is 11.3 Å². The Bertz CT molecular complexity index is 981. The fourth-order valence-electron chi connectivity index (χ4n) is 2.54. The number of aromatic hydroxyl groups is 2. The van der Waals surface area contributed by atoms with Gasteiger partial charge in [0.1, 0.15) is 11.5 Å². The first-order valence-electron chi connectivity index (χ1n) is 8.72. The third-order valence-corrected chi connectivity index (χ3v) is 4.02. The summed E-state index contributed by atoms with van der Waals surface area (Å²) < 4.78 is 0. The van der Waals surface area contributed by atoms with Gasteiger partial charge in [0, 0.05) is 35.7 Å². The second-order valence-electron chi connectivity index (χ2n) is 6.26. The Hall–Kier alpha value is -4.24. The van der Waals surface area contributed by atoms with Crippen molar-refractivity contribution in [1.82, 2.24) is 10.6 Å². The summed E-state index contributed by atoms with van der Waals surface area (Å²) in [6.07, 6.45) is -0.390. The standard InChI is InChI=1S/C19H19N5O6/c20-24-22-10-13(7-17(27)28)23-18(29)12-3-1-11(2-4-12)9-21-19(30)15-6-5-14(25)8-16(15)26/h1-6,8,13,25-26H,7,9-10H2,(H,21,30)(H,23,29)(H,27,28)/t13-/m0/s1. The summed E-state index contributed by atoms with van der Waals surface area (Å²) in [6.45, 7) is -0.0671. The van der Waals surface area contributed by atoms with Crippen LogP contribution >= 0.6 is 0 Å². The van der Waals surface area contributed by atoms with E-state index >= 15 is 0 Å². The Labute approximate surface area is 170 Å². The Kier molecular flexibility index (Phi) is 7.60. The molecule has 0 heterocycles. The van der Waals surface area contributed by atoms with Crippen LogP contribution in [0.1, 0.15) is 32.7 Å². The number of nitrogens with zero attached hydrogens (tertiary/aromatic N) is 3. The maximum atomic E-state index is 12.3. The smallest absolute Gasteiger partial charge is 0.305 e. The Balaban J connectivity index is 1.96. The van der Waals surface area contributed by atoms with Crippen molar-refractivity contribution >= 4 is 17.8 Å². The van der Waals surface area contributed by atoms with Crippen LogP contribution in [0.4, 0.5) is 0 Å². The van der Waals surface area contributed by atoms with Gasteiger partial charge in [0.2, 0.25) is 0 Å². The van der Waals surface area contributed by atoms with E-state index in [-0.39, 0.29) is 42.1 Å². The number of azide groups is 1. The zero-order chi connectivity index (χ0) is 22.1. The van der Waals surface area contributed by atoms with Crippen LogP contribution in [0, 0.1) is 0 Å². The van der Waals surface area contributed by atoms with Gasteiger partial charge >= 0.3 is 5.97 Å². The molecule has 2 aromatic rings. The monoisotopic (exact) mass is 413 g/mol. The van der Waals surface area contributed by atoms with Gasteiger partial charge in [0.05, 0.1) is 12.0 Å². The molecule has 0 aliphatic rings. The molecule has 0 aliphatic heterocycles. The van der Waals surface area contributed by atoms with Crippen molar-refractivity contribution < 1.29 is 29.7 Å². The summed E-state index contributed by atoms with van der Waals surface area (Å²) in [5, 5.41) is 36.2. The lowest BCUT2D eigenvalue weighted by Crippen LogP contribution is -2.38. The molecular formula is C19H19N5O6. The first-order valence-corrected chi connectivity index (χ1v) is 8.72. The number of hydrogen-bond acceptors (Lipinski definition) is 6. The van der Waals surface area contributed by atoms with E-state index in [2.05, 4.69) is 20.7 Å². The van der Waals surface area contributed by atoms with E-state index in [1.165, 1.54) is 24.3 Å². The average molecular weight is 413 g/mol. The summed E-state index contributed by atoms with van der Waals surface area (Å²) in [6, 6.07) is 8.99. The molecule has 0 aliphatic carbocycles. The van der Waals surface area contributed by atoms with Crippen LogP contribution in [-0.4, -0.2) is 45.7 Å². The Morgan fingerprint density at radius 2 is 1.77 bits per heavy atom. The number of carbonyl (C=O) groups is 3. The molecule has 2 amide bonds. The largest absolute Gasteiger partial charge is 0.508 e. The molecule has 0 saturated heterocycles. The van der Waals surface area contributed by atoms with Gasteiger partial charge < -0.3 is 26.0 Å². The highest BCUT2D eigenvalue weighted by Crippen LogP contribution is 2.22. The number of carbonyl (C=O) groups excluding carboxylic acids is 2. The van der Waals surface area contributed by atoms with Gasteiger partial charge in [-0.2, -0.15) is 0 Å². The van der Waals surface area contributed by atoms with Crippen LogP contribution < -0.4 is 10.6 Å². The minimum absolute atomic E-state index is 0.00768. The van der Waals surface area contributed by atoms with Gasteiger partial charge in [0.15, 0.2) is 0 Å². The Morgan fingerprint density at radius 3 is 2.37 bits per heavy atom. The SMILES string of the molecule is [N-]=[N+]=NC[C@H](CC(=O)O)NC(=O)c1ccc(CNC(=O)c2ccc(O)cc2O)cc1.